The molecule has 0 atom stereocenters. The van der Waals surface area contributed by atoms with Crippen molar-refractivity contribution in [2.75, 3.05) is 23.7 Å². The zero-order valence-electron chi connectivity index (χ0n) is 13.8. The van der Waals surface area contributed by atoms with E-state index in [-0.39, 0.29) is 11.4 Å². The van der Waals surface area contributed by atoms with Crippen LogP contribution in [0.2, 0.25) is 0 Å². The number of anilines is 3. The fraction of sp³-hybridized carbons (Fsp3) is 0.118. The molecule has 0 fully saturated rings. The summed E-state index contributed by atoms with van der Waals surface area (Å²) in [5, 5.41) is 14.1. The van der Waals surface area contributed by atoms with Crippen molar-refractivity contribution in [1.82, 2.24) is 19.9 Å². The first kappa shape index (κ1) is 17.8. The fourth-order valence-corrected chi connectivity index (χ4v) is 3.17. The predicted molar refractivity (Wildman–Crippen MR) is 99.7 cm³/mol. The van der Waals surface area contributed by atoms with Crippen molar-refractivity contribution in [2.45, 2.75) is 4.90 Å². The van der Waals surface area contributed by atoms with Gasteiger partial charge in [-0.25, -0.2) is 18.1 Å². The van der Waals surface area contributed by atoms with Gasteiger partial charge in [-0.05, 0) is 36.4 Å². The molecular weight excluding hydrogens is 352 g/mol. The van der Waals surface area contributed by atoms with E-state index in [4.69, 9.17) is 0 Å². The number of sulfonamides is 1. The minimum atomic E-state index is -3.50. The predicted octanol–water partition coefficient (Wildman–Crippen LogP) is 2.01. The molecule has 26 heavy (non-hydrogen) atoms. The van der Waals surface area contributed by atoms with Crippen molar-refractivity contribution < 1.29 is 8.42 Å². The van der Waals surface area contributed by atoms with Gasteiger partial charge >= 0.3 is 0 Å². The second-order valence-corrected chi connectivity index (χ2v) is 7.05. The summed E-state index contributed by atoms with van der Waals surface area (Å²) in [7, 11) is -3.50. The average molecular weight is 370 g/mol. The number of pyridine rings is 1. The summed E-state index contributed by atoms with van der Waals surface area (Å²) in [6.07, 6.45) is 1.68. The highest BCUT2D eigenvalue weighted by Crippen LogP contribution is 2.11. The van der Waals surface area contributed by atoms with Crippen molar-refractivity contribution in [2.24, 2.45) is 0 Å². The van der Waals surface area contributed by atoms with Gasteiger partial charge in [0.1, 0.15) is 11.6 Å². The zero-order chi connectivity index (χ0) is 18.2. The molecule has 1 aromatic carbocycles. The van der Waals surface area contributed by atoms with E-state index in [0.29, 0.717) is 24.0 Å². The smallest absolute Gasteiger partial charge is 0.240 e. The van der Waals surface area contributed by atoms with E-state index in [2.05, 4.69) is 30.5 Å². The fourth-order valence-electron chi connectivity index (χ4n) is 2.12. The molecule has 0 saturated heterocycles. The molecule has 0 spiro atoms. The maximum Gasteiger partial charge on any atom is 0.240 e. The molecule has 0 bridgehead atoms. The summed E-state index contributed by atoms with van der Waals surface area (Å²) < 4.78 is 26.7. The Morgan fingerprint density at radius 1 is 0.769 bits per heavy atom. The Kier molecular flexibility index (Phi) is 5.72. The van der Waals surface area contributed by atoms with Gasteiger partial charge in [0.05, 0.1) is 4.90 Å². The molecule has 2 heterocycles. The minimum Gasteiger partial charge on any atom is -0.367 e. The van der Waals surface area contributed by atoms with Crippen LogP contribution in [0.15, 0.2) is 71.8 Å². The average Bonchev–Trinajstić information content (AvgIpc) is 2.68. The molecule has 0 aliphatic rings. The van der Waals surface area contributed by atoms with Crippen LogP contribution in [-0.4, -0.2) is 36.7 Å². The third-order valence-corrected chi connectivity index (χ3v) is 4.84. The van der Waals surface area contributed by atoms with Crippen LogP contribution in [0, 0.1) is 0 Å². The summed E-state index contributed by atoms with van der Waals surface area (Å²) in [6.45, 7) is 0.612. The lowest BCUT2D eigenvalue weighted by Crippen LogP contribution is -2.29. The highest BCUT2D eigenvalue weighted by atomic mass is 32.2. The molecular formula is C17H18N6O2S. The molecule has 0 amide bonds. The van der Waals surface area contributed by atoms with E-state index in [1.54, 1.807) is 48.7 Å². The van der Waals surface area contributed by atoms with E-state index in [1.807, 2.05) is 18.2 Å². The van der Waals surface area contributed by atoms with Crippen molar-refractivity contribution in [1.29, 1.82) is 0 Å². The first-order valence-corrected chi connectivity index (χ1v) is 9.42. The van der Waals surface area contributed by atoms with Crippen molar-refractivity contribution >= 4 is 27.5 Å². The van der Waals surface area contributed by atoms with Gasteiger partial charge in [0.25, 0.3) is 0 Å². The molecule has 0 aliphatic heterocycles. The monoisotopic (exact) mass is 370 g/mol. The highest BCUT2D eigenvalue weighted by molar-refractivity contribution is 7.89. The van der Waals surface area contributed by atoms with Gasteiger partial charge in [-0.3, -0.25) is 0 Å². The lowest BCUT2D eigenvalue weighted by atomic mass is 10.4. The second-order valence-electron chi connectivity index (χ2n) is 5.28. The molecule has 3 rings (SSSR count). The number of rotatable bonds is 8. The van der Waals surface area contributed by atoms with Crippen molar-refractivity contribution in [3.8, 4) is 0 Å². The van der Waals surface area contributed by atoms with E-state index in [9.17, 15) is 8.42 Å². The topological polar surface area (TPSA) is 109 Å². The summed E-state index contributed by atoms with van der Waals surface area (Å²) in [5.74, 6) is 1.80. The van der Waals surface area contributed by atoms with Gasteiger partial charge in [-0.2, -0.15) is 0 Å². The lowest BCUT2D eigenvalue weighted by Gasteiger charge is -2.08. The maximum atomic E-state index is 12.1. The maximum absolute atomic E-state index is 12.1. The van der Waals surface area contributed by atoms with E-state index < -0.39 is 10.0 Å². The van der Waals surface area contributed by atoms with Gasteiger partial charge in [0.15, 0.2) is 5.82 Å². The Labute approximate surface area is 151 Å². The molecule has 3 aromatic rings. The standard InChI is InChI=1S/C17H18N6O2S/c24-26(25,14-6-2-1-3-7-14)20-13-12-19-16-9-10-17(23-22-16)21-15-8-4-5-11-18-15/h1-11,20H,12-13H2,(H,19,22)(H,18,21,23). The Hall–Kier alpha value is -3.04. The largest absolute Gasteiger partial charge is 0.367 e. The minimum absolute atomic E-state index is 0.229. The summed E-state index contributed by atoms with van der Waals surface area (Å²) >= 11 is 0. The third kappa shape index (κ3) is 4.98. The molecule has 134 valence electrons. The van der Waals surface area contributed by atoms with Crippen LogP contribution >= 0.6 is 0 Å². The quantitative estimate of drug-likeness (QED) is 0.520. The van der Waals surface area contributed by atoms with Gasteiger partial charge in [0.2, 0.25) is 10.0 Å². The second kappa shape index (κ2) is 8.37. The van der Waals surface area contributed by atoms with Crippen LogP contribution in [0.25, 0.3) is 0 Å². The number of hydrogen-bond donors (Lipinski definition) is 3. The normalized spacial score (nSPS) is 11.1. The molecule has 0 radical (unpaired) electrons. The van der Waals surface area contributed by atoms with Crippen molar-refractivity contribution in [3.05, 3.63) is 66.9 Å². The molecule has 2 aromatic heterocycles. The third-order valence-electron chi connectivity index (χ3n) is 3.36. The molecule has 0 unspecified atom stereocenters. The van der Waals surface area contributed by atoms with Gasteiger partial charge in [-0.15, -0.1) is 10.2 Å². The van der Waals surface area contributed by atoms with Crippen LogP contribution in [-0.2, 0) is 10.0 Å². The highest BCUT2D eigenvalue weighted by Gasteiger charge is 2.11. The van der Waals surface area contributed by atoms with Crippen LogP contribution in [0.4, 0.5) is 17.5 Å². The Morgan fingerprint density at radius 2 is 1.50 bits per heavy atom. The number of aromatic nitrogens is 3. The van der Waals surface area contributed by atoms with Gasteiger partial charge in [-0.1, -0.05) is 24.3 Å². The first-order chi connectivity index (χ1) is 12.6. The van der Waals surface area contributed by atoms with E-state index >= 15 is 0 Å². The molecule has 9 heteroatoms. The number of nitrogens with zero attached hydrogens (tertiary/aromatic N) is 3. The Morgan fingerprint density at radius 3 is 2.19 bits per heavy atom. The Bertz CT molecular complexity index is 918. The number of hydrogen-bond acceptors (Lipinski definition) is 7. The molecule has 8 nitrogen and oxygen atoms in total. The molecule has 0 aliphatic carbocycles. The molecule has 0 saturated carbocycles. The van der Waals surface area contributed by atoms with Crippen LogP contribution in [0.5, 0.6) is 0 Å². The first-order valence-electron chi connectivity index (χ1n) is 7.94. The number of benzene rings is 1. The van der Waals surface area contributed by atoms with E-state index in [1.165, 1.54) is 0 Å². The summed E-state index contributed by atoms with van der Waals surface area (Å²) in [6, 6.07) is 17.3. The molecule has 3 N–H and O–H groups in total. The number of nitrogens with one attached hydrogen (secondary N) is 3. The van der Waals surface area contributed by atoms with Gasteiger partial charge < -0.3 is 10.6 Å². The van der Waals surface area contributed by atoms with Crippen LogP contribution < -0.4 is 15.4 Å². The van der Waals surface area contributed by atoms with Crippen molar-refractivity contribution in [3.63, 3.8) is 0 Å². The SMILES string of the molecule is O=S(=O)(NCCNc1ccc(Nc2ccccn2)nn1)c1ccccc1. The lowest BCUT2D eigenvalue weighted by molar-refractivity contribution is 0.583. The summed E-state index contributed by atoms with van der Waals surface area (Å²) in [4.78, 5) is 4.39. The Balaban J connectivity index is 1.47. The van der Waals surface area contributed by atoms with E-state index in [0.717, 1.165) is 0 Å². The van der Waals surface area contributed by atoms with Crippen LogP contribution in [0.1, 0.15) is 0 Å². The van der Waals surface area contributed by atoms with Crippen LogP contribution in [0.3, 0.4) is 0 Å². The van der Waals surface area contributed by atoms with Gasteiger partial charge in [0, 0.05) is 19.3 Å². The summed E-state index contributed by atoms with van der Waals surface area (Å²) in [5.41, 5.74) is 0. The zero-order valence-corrected chi connectivity index (χ0v) is 14.6.